The predicted molar refractivity (Wildman–Crippen MR) is 190 cm³/mol. The molecule has 1 nitrogen and oxygen atoms in total. The summed E-state index contributed by atoms with van der Waals surface area (Å²) in [6.07, 6.45) is 2.46. The van der Waals surface area contributed by atoms with Gasteiger partial charge in [0.25, 0.3) is 0 Å². The molecule has 0 radical (unpaired) electrons. The van der Waals surface area contributed by atoms with Gasteiger partial charge in [-0.05, 0) is 74.7 Å². The van der Waals surface area contributed by atoms with Crippen LogP contribution < -0.4 is 5.32 Å². The Balaban J connectivity index is 1.41. The summed E-state index contributed by atoms with van der Waals surface area (Å²) in [6, 6.07) is 38.0. The molecule has 1 aliphatic rings. The summed E-state index contributed by atoms with van der Waals surface area (Å²) in [4.78, 5) is 0. The molecule has 1 unspecified atom stereocenters. The van der Waals surface area contributed by atoms with Crippen molar-refractivity contribution in [1.82, 2.24) is 5.32 Å². The van der Waals surface area contributed by atoms with Gasteiger partial charge in [-0.2, -0.15) is 0 Å². The lowest BCUT2D eigenvalue weighted by Gasteiger charge is -2.30. The molecule has 0 amide bonds. The lowest BCUT2D eigenvalue weighted by molar-refractivity contribution is 0.539. The predicted octanol–water partition coefficient (Wildman–Crippen LogP) is 10.8. The Hall–Kier alpha value is -3.16. The average molecular weight is 586 g/mol. The number of hydrogen-bond acceptors (Lipinski definition) is 1. The van der Waals surface area contributed by atoms with Gasteiger partial charge < -0.3 is 5.32 Å². The van der Waals surface area contributed by atoms with E-state index in [2.05, 4.69) is 172 Å². The van der Waals surface area contributed by atoms with Gasteiger partial charge in [0, 0.05) is 22.8 Å². The van der Waals surface area contributed by atoms with E-state index in [4.69, 9.17) is 0 Å². The van der Waals surface area contributed by atoms with Crippen molar-refractivity contribution in [2.75, 3.05) is 6.54 Å². The van der Waals surface area contributed by atoms with Crippen molar-refractivity contribution >= 4 is 0 Å². The minimum absolute atomic E-state index is 0.0611. The van der Waals surface area contributed by atoms with E-state index in [9.17, 15) is 0 Å². The Labute approximate surface area is 268 Å². The number of hydrogen-bond donors (Lipinski definition) is 1. The van der Waals surface area contributed by atoms with E-state index in [1.54, 1.807) is 0 Å². The van der Waals surface area contributed by atoms with Crippen LogP contribution in [0, 0.1) is 0 Å². The fraction of sp³-hybridized carbons (Fsp3) is 0.442. The van der Waals surface area contributed by atoms with Gasteiger partial charge in [0.05, 0.1) is 0 Å². The fourth-order valence-electron chi connectivity index (χ4n) is 6.97. The highest BCUT2D eigenvalue weighted by Crippen LogP contribution is 2.38. The highest BCUT2D eigenvalue weighted by molar-refractivity contribution is 5.45. The van der Waals surface area contributed by atoms with Crippen LogP contribution in [0.15, 0.2) is 97.1 Å². The van der Waals surface area contributed by atoms with Gasteiger partial charge in [0.2, 0.25) is 0 Å². The SMILES string of the molecule is CC(C)(C)c1ccc(C(C)(C)c2ccc(C(c3ccc(C(C)(C)c4ccc(C(C)(C)C)cc4)cc3)C3CCCN3)cc2)cc1. The summed E-state index contributed by atoms with van der Waals surface area (Å²) in [6.45, 7) is 24.2. The van der Waals surface area contributed by atoms with Crippen LogP contribution in [0.1, 0.15) is 133 Å². The monoisotopic (exact) mass is 585 g/mol. The van der Waals surface area contributed by atoms with Gasteiger partial charge in [-0.3, -0.25) is 0 Å². The molecule has 0 bridgehead atoms. The van der Waals surface area contributed by atoms with E-state index in [1.807, 2.05) is 0 Å². The first-order valence-corrected chi connectivity index (χ1v) is 16.7. The van der Waals surface area contributed by atoms with Crippen LogP contribution in [0.25, 0.3) is 0 Å². The Bertz CT molecular complexity index is 1400. The van der Waals surface area contributed by atoms with E-state index in [0.29, 0.717) is 12.0 Å². The summed E-state index contributed by atoms with van der Waals surface area (Å²) in [5.41, 5.74) is 11.2. The van der Waals surface area contributed by atoms with Crippen molar-refractivity contribution < 1.29 is 0 Å². The second kappa shape index (κ2) is 12.0. The van der Waals surface area contributed by atoms with Crippen LogP contribution in [0.3, 0.4) is 0 Å². The third-order valence-corrected chi connectivity index (χ3v) is 10.4. The molecule has 0 aromatic heterocycles. The smallest absolute Gasteiger partial charge is 0.0243 e. The first-order valence-electron chi connectivity index (χ1n) is 16.7. The maximum atomic E-state index is 3.83. The van der Waals surface area contributed by atoms with Gasteiger partial charge in [-0.15, -0.1) is 0 Å². The molecular formula is C43H55N. The molecule has 44 heavy (non-hydrogen) atoms. The summed E-state index contributed by atoms with van der Waals surface area (Å²) in [5.74, 6) is 0.337. The molecule has 5 rings (SSSR count). The van der Waals surface area contributed by atoms with Crippen molar-refractivity contribution in [3.8, 4) is 0 Å². The molecule has 1 aliphatic heterocycles. The van der Waals surface area contributed by atoms with E-state index >= 15 is 0 Å². The third kappa shape index (κ3) is 6.59. The van der Waals surface area contributed by atoms with Gasteiger partial charge in [0.1, 0.15) is 0 Å². The van der Waals surface area contributed by atoms with Crippen LogP contribution in [0.2, 0.25) is 0 Å². The summed E-state index contributed by atoms with van der Waals surface area (Å²) < 4.78 is 0. The molecule has 1 saturated heterocycles. The minimum atomic E-state index is -0.0611. The fourth-order valence-corrected chi connectivity index (χ4v) is 6.97. The molecular weight excluding hydrogens is 530 g/mol. The largest absolute Gasteiger partial charge is 0.313 e. The number of rotatable bonds is 7. The van der Waals surface area contributed by atoms with Gasteiger partial charge >= 0.3 is 0 Å². The van der Waals surface area contributed by atoms with E-state index < -0.39 is 0 Å². The molecule has 1 heterocycles. The normalized spacial score (nSPS) is 16.5. The molecule has 1 N–H and O–H groups in total. The van der Waals surface area contributed by atoms with Crippen molar-refractivity contribution in [3.05, 3.63) is 142 Å². The van der Waals surface area contributed by atoms with E-state index in [1.165, 1.54) is 57.3 Å². The summed E-state index contributed by atoms with van der Waals surface area (Å²) >= 11 is 0. The molecule has 4 aromatic rings. The van der Waals surface area contributed by atoms with Gasteiger partial charge in [0.15, 0.2) is 0 Å². The lowest BCUT2D eigenvalue weighted by Crippen LogP contribution is -2.30. The van der Waals surface area contributed by atoms with Gasteiger partial charge in [-0.1, -0.05) is 166 Å². The molecule has 0 aliphatic carbocycles. The first-order chi connectivity index (χ1) is 20.6. The zero-order chi connectivity index (χ0) is 31.9. The van der Waals surface area contributed by atoms with Crippen LogP contribution in [-0.2, 0) is 21.7 Å². The maximum absolute atomic E-state index is 3.83. The number of nitrogens with one attached hydrogen (secondary N) is 1. The first kappa shape index (κ1) is 32.2. The molecule has 232 valence electrons. The van der Waals surface area contributed by atoms with Crippen molar-refractivity contribution in [3.63, 3.8) is 0 Å². The standard InChI is InChI=1S/C43H55N/c1-40(2,3)32-21-25-36(26-22-32)42(7,8)34-17-13-30(14-18-34)39(38-12-11-29-44-38)31-15-19-35(20-16-31)43(9,10)37-27-23-33(24-28-37)41(4,5)6/h13-28,38-39,44H,11-12,29H2,1-10H3. The van der Waals surface area contributed by atoms with E-state index in [0.717, 1.165) is 6.54 Å². The molecule has 0 spiro atoms. The molecule has 1 heteroatoms. The topological polar surface area (TPSA) is 12.0 Å². The highest BCUT2D eigenvalue weighted by atomic mass is 14.9. The minimum Gasteiger partial charge on any atom is -0.313 e. The Morgan fingerprint density at radius 1 is 0.455 bits per heavy atom. The van der Waals surface area contributed by atoms with Crippen LogP contribution in [0.4, 0.5) is 0 Å². The van der Waals surface area contributed by atoms with Crippen LogP contribution in [0.5, 0.6) is 0 Å². The molecule has 0 saturated carbocycles. The van der Waals surface area contributed by atoms with Crippen molar-refractivity contribution in [2.24, 2.45) is 0 Å². The van der Waals surface area contributed by atoms with Crippen LogP contribution >= 0.6 is 0 Å². The van der Waals surface area contributed by atoms with Gasteiger partial charge in [-0.25, -0.2) is 0 Å². The maximum Gasteiger partial charge on any atom is 0.0243 e. The quantitative estimate of drug-likeness (QED) is 0.227. The second-order valence-electron chi connectivity index (χ2n) is 16.3. The zero-order valence-corrected chi connectivity index (χ0v) is 29.0. The average Bonchev–Trinajstić information content (AvgIpc) is 3.52. The number of benzene rings is 4. The zero-order valence-electron chi connectivity index (χ0n) is 29.0. The van der Waals surface area contributed by atoms with Crippen molar-refractivity contribution in [2.45, 2.75) is 116 Å². The summed E-state index contributed by atoms with van der Waals surface area (Å²) in [7, 11) is 0. The summed E-state index contributed by atoms with van der Waals surface area (Å²) in [5, 5.41) is 3.83. The second-order valence-corrected chi connectivity index (χ2v) is 16.3. The molecule has 4 aromatic carbocycles. The lowest BCUT2D eigenvalue weighted by atomic mass is 9.75. The van der Waals surface area contributed by atoms with Crippen LogP contribution in [-0.4, -0.2) is 12.6 Å². The molecule has 1 fully saturated rings. The molecule has 1 atom stereocenters. The van der Waals surface area contributed by atoms with Crippen molar-refractivity contribution in [1.29, 1.82) is 0 Å². The van der Waals surface area contributed by atoms with E-state index in [-0.39, 0.29) is 21.7 Å². The highest BCUT2D eigenvalue weighted by Gasteiger charge is 2.30. The Morgan fingerprint density at radius 2 is 0.750 bits per heavy atom. The Morgan fingerprint density at radius 3 is 1.02 bits per heavy atom. The third-order valence-electron chi connectivity index (χ3n) is 10.4. The Kier molecular flexibility index (Phi) is 8.78.